The fourth-order valence-corrected chi connectivity index (χ4v) is 2.44. The highest BCUT2D eigenvalue weighted by molar-refractivity contribution is 5.88. The molecule has 22 heavy (non-hydrogen) atoms. The van der Waals surface area contributed by atoms with E-state index in [9.17, 15) is 4.79 Å². The largest absolute Gasteiger partial charge is 0.363 e. The molecule has 0 spiro atoms. The Labute approximate surface area is 128 Å². The Hall–Kier alpha value is -2.64. The van der Waals surface area contributed by atoms with Gasteiger partial charge in [-0.25, -0.2) is 19.4 Å². The number of pyridine rings is 1. The number of carbonyl (C=O) groups excluding carboxylic acids is 1. The van der Waals surface area contributed by atoms with Crippen LogP contribution in [0.4, 0.5) is 16.4 Å². The van der Waals surface area contributed by atoms with Crippen LogP contribution < -0.4 is 15.5 Å². The number of carbonyl (C=O) groups is 1. The maximum absolute atomic E-state index is 12.1. The Morgan fingerprint density at radius 3 is 3.09 bits per heavy atom. The monoisotopic (exact) mass is 301 g/mol. The van der Waals surface area contributed by atoms with Crippen LogP contribution in [0.5, 0.6) is 0 Å². The van der Waals surface area contributed by atoms with Gasteiger partial charge in [0.25, 0.3) is 0 Å². The van der Waals surface area contributed by atoms with E-state index < -0.39 is 0 Å². The first-order chi connectivity index (χ1) is 10.6. The van der Waals surface area contributed by atoms with Crippen molar-refractivity contribution in [3.63, 3.8) is 0 Å². The lowest BCUT2D eigenvalue weighted by atomic mass is 10.1. The van der Waals surface area contributed by atoms with Crippen molar-refractivity contribution < 1.29 is 4.79 Å². The van der Waals surface area contributed by atoms with Crippen molar-refractivity contribution in [3.05, 3.63) is 30.4 Å². The van der Waals surface area contributed by atoms with Gasteiger partial charge in [0.15, 0.2) is 0 Å². The molecule has 0 saturated heterocycles. The van der Waals surface area contributed by atoms with E-state index in [1.807, 2.05) is 35.8 Å². The molecule has 0 unspecified atom stereocenters. The second-order valence-electron chi connectivity index (χ2n) is 5.47. The summed E-state index contributed by atoms with van der Waals surface area (Å²) < 4.78 is 1.83. The summed E-state index contributed by atoms with van der Waals surface area (Å²) in [6.45, 7) is 0.647. The van der Waals surface area contributed by atoms with E-state index in [1.165, 1.54) is 0 Å². The van der Waals surface area contributed by atoms with Gasteiger partial charge in [-0.2, -0.15) is 5.10 Å². The van der Waals surface area contributed by atoms with Crippen molar-refractivity contribution in [3.8, 4) is 0 Å². The number of hydrogen-bond donors (Lipinski definition) is 2. The number of aromatic nitrogens is 4. The predicted molar refractivity (Wildman–Crippen MR) is 82.8 cm³/mol. The fourth-order valence-electron chi connectivity index (χ4n) is 2.44. The molecule has 0 saturated carbocycles. The summed E-state index contributed by atoms with van der Waals surface area (Å²) in [6, 6.07) is 5.31. The molecule has 3 rings (SSSR count). The van der Waals surface area contributed by atoms with Crippen LogP contribution >= 0.6 is 0 Å². The molecule has 8 heteroatoms. The zero-order valence-electron chi connectivity index (χ0n) is 12.7. The summed E-state index contributed by atoms with van der Waals surface area (Å²) in [5.74, 6) is 2.29. The lowest BCUT2D eigenvalue weighted by Gasteiger charge is -2.23. The Morgan fingerprint density at radius 2 is 2.27 bits per heavy atom. The molecule has 0 aromatic carbocycles. The maximum atomic E-state index is 12.1. The van der Waals surface area contributed by atoms with Gasteiger partial charge in [0.2, 0.25) is 0 Å². The van der Waals surface area contributed by atoms with Crippen LogP contribution in [0.2, 0.25) is 0 Å². The van der Waals surface area contributed by atoms with Crippen LogP contribution in [0.15, 0.2) is 24.5 Å². The van der Waals surface area contributed by atoms with Gasteiger partial charge < -0.3 is 10.2 Å². The van der Waals surface area contributed by atoms with Crippen LogP contribution in [-0.4, -0.2) is 45.9 Å². The van der Waals surface area contributed by atoms with Gasteiger partial charge in [-0.3, -0.25) is 5.32 Å². The topological polar surface area (TPSA) is 88.0 Å². The van der Waals surface area contributed by atoms with Crippen molar-refractivity contribution in [2.75, 3.05) is 24.3 Å². The minimum atomic E-state index is -0.253. The quantitative estimate of drug-likeness (QED) is 0.878. The minimum absolute atomic E-state index is 0.0474. The Bertz CT molecular complexity index is 667. The first-order valence-corrected chi connectivity index (χ1v) is 7.20. The summed E-state index contributed by atoms with van der Waals surface area (Å²) in [4.78, 5) is 22.5. The lowest BCUT2D eigenvalue weighted by Crippen LogP contribution is -2.43. The number of fused-ring (bicyclic) bond motifs is 1. The number of rotatable bonds is 3. The molecule has 0 radical (unpaired) electrons. The van der Waals surface area contributed by atoms with Crippen LogP contribution in [0.25, 0.3) is 0 Å². The SMILES string of the molecule is CN(C)c1cccc(NC(=O)N[C@@H]2CCc3ncnn3C2)n1. The van der Waals surface area contributed by atoms with E-state index in [4.69, 9.17) is 0 Å². The first kappa shape index (κ1) is 14.3. The molecular weight excluding hydrogens is 282 g/mol. The van der Waals surface area contributed by atoms with Crippen molar-refractivity contribution in [2.45, 2.75) is 25.4 Å². The summed E-state index contributed by atoms with van der Waals surface area (Å²) in [6.07, 6.45) is 3.23. The van der Waals surface area contributed by atoms with Crippen LogP contribution in [0.1, 0.15) is 12.2 Å². The average molecular weight is 301 g/mol. The highest BCUT2D eigenvalue weighted by Crippen LogP contribution is 2.13. The van der Waals surface area contributed by atoms with Gasteiger partial charge in [-0.15, -0.1) is 0 Å². The second kappa shape index (κ2) is 6.00. The summed E-state index contributed by atoms with van der Waals surface area (Å²) in [7, 11) is 3.81. The van der Waals surface area contributed by atoms with Gasteiger partial charge in [-0.05, 0) is 18.6 Å². The van der Waals surface area contributed by atoms with Gasteiger partial charge in [0.1, 0.15) is 23.8 Å². The van der Waals surface area contributed by atoms with Crippen molar-refractivity contribution >= 4 is 17.7 Å². The van der Waals surface area contributed by atoms with E-state index in [2.05, 4.69) is 25.7 Å². The third-order valence-corrected chi connectivity index (χ3v) is 3.57. The normalized spacial score (nSPS) is 16.7. The summed E-state index contributed by atoms with van der Waals surface area (Å²) in [5.41, 5.74) is 0. The first-order valence-electron chi connectivity index (χ1n) is 7.20. The zero-order valence-corrected chi connectivity index (χ0v) is 12.7. The smallest absolute Gasteiger partial charge is 0.320 e. The molecule has 2 aromatic heterocycles. The molecular formula is C14H19N7O. The molecule has 8 nitrogen and oxygen atoms in total. The molecule has 116 valence electrons. The molecule has 2 aromatic rings. The highest BCUT2D eigenvalue weighted by Gasteiger charge is 2.21. The van der Waals surface area contributed by atoms with E-state index in [1.54, 1.807) is 12.4 Å². The number of urea groups is 1. The Kier molecular flexibility index (Phi) is 3.90. The number of hydrogen-bond acceptors (Lipinski definition) is 5. The molecule has 0 aliphatic carbocycles. The van der Waals surface area contributed by atoms with Crippen molar-refractivity contribution in [1.29, 1.82) is 0 Å². The third kappa shape index (κ3) is 3.16. The summed E-state index contributed by atoms with van der Waals surface area (Å²) >= 11 is 0. The molecule has 2 amide bonds. The minimum Gasteiger partial charge on any atom is -0.363 e. The number of aryl methyl sites for hydroxylation is 1. The van der Waals surface area contributed by atoms with Crippen LogP contribution in [-0.2, 0) is 13.0 Å². The van der Waals surface area contributed by atoms with Crippen LogP contribution in [0, 0.1) is 0 Å². The number of nitrogens with one attached hydrogen (secondary N) is 2. The fraction of sp³-hybridized carbons (Fsp3) is 0.429. The van der Waals surface area contributed by atoms with E-state index >= 15 is 0 Å². The Morgan fingerprint density at radius 1 is 1.41 bits per heavy atom. The van der Waals surface area contributed by atoms with Crippen LogP contribution in [0.3, 0.4) is 0 Å². The number of amides is 2. The molecule has 0 bridgehead atoms. The van der Waals surface area contributed by atoms with Crippen molar-refractivity contribution in [2.24, 2.45) is 0 Å². The average Bonchev–Trinajstić information content (AvgIpc) is 2.95. The van der Waals surface area contributed by atoms with Gasteiger partial charge in [-0.1, -0.05) is 6.07 Å². The molecule has 3 heterocycles. The van der Waals surface area contributed by atoms with Crippen molar-refractivity contribution in [1.82, 2.24) is 25.1 Å². The van der Waals surface area contributed by atoms with E-state index in [0.29, 0.717) is 12.4 Å². The predicted octanol–water partition coefficient (Wildman–Crippen LogP) is 0.876. The summed E-state index contributed by atoms with van der Waals surface area (Å²) in [5, 5.41) is 9.87. The number of nitrogens with zero attached hydrogens (tertiary/aromatic N) is 5. The molecule has 2 N–H and O–H groups in total. The molecule has 1 aliphatic heterocycles. The van der Waals surface area contributed by atoms with Gasteiger partial charge in [0.05, 0.1) is 12.6 Å². The van der Waals surface area contributed by atoms with Gasteiger partial charge in [0, 0.05) is 20.5 Å². The standard InChI is InChI=1S/C14H19N7O/c1-20(2)13-5-3-4-11(18-13)19-14(22)17-10-6-7-12-15-9-16-21(12)8-10/h3-5,9-10H,6-8H2,1-2H3,(H2,17,18,19,22)/t10-/m1/s1. The van der Waals surface area contributed by atoms with Gasteiger partial charge >= 0.3 is 6.03 Å². The molecule has 0 fully saturated rings. The Balaban J connectivity index is 1.58. The van der Waals surface area contributed by atoms with E-state index in [-0.39, 0.29) is 12.1 Å². The third-order valence-electron chi connectivity index (χ3n) is 3.57. The zero-order chi connectivity index (χ0) is 15.5. The number of anilines is 2. The lowest BCUT2D eigenvalue weighted by molar-refractivity contribution is 0.243. The highest BCUT2D eigenvalue weighted by atomic mass is 16.2. The maximum Gasteiger partial charge on any atom is 0.320 e. The molecule has 1 aliphatic rings. The second-order valence-corrected chi connectivity index (χ2v) is 5.47. The van der Waals surface area contributed by atoms with E-state index in [0.717, 1.165) is 24.5 Å². The molecule has 1 atom stereocenters.